The average molecular weight is 262 g/mol. The van der Waals surface area contributed by atoms with E-state index in [2.05, 4.69) is 9.88 Å². The molecule has 1 atom stereocenters. The summed E-state index contributed by atoms with van der Waals surface area (Å²) < 4.78 is 0. The van der Waals surface area contributed by atoms with E-state index in [4.69, 9.17) is 11.1 Å². The molecule has 1 aromatic rings. The highest BCUT2D eigenvalue weighted by Crippen LogP contribution is 2.28. The Morgan fingerprint density at radius 2 is 2.26 bits per heavy atom. The van der Waals surface area contributed by atoms with Crippen LogP contribution in [0, 0.1) is 19.3 Å². The third-order valence-electron chi connectivity index (χ3n) is 3.70. The van der Waals surface area contributed by atoms with Gasteiger partial charge in [-0.1, -0.05) is 0 Å². The first kappa shape index (κ1) is 13.8. The van der Waals surface area contributed by atoms with Crippen molar-refractivity contribution in [3.63, 3.8) is 0 Å². The lowest BCUT2D eigenvalue weighted by Crippen LogP contribution is -2.43. The molecular formula is C14H22N4O. The number of hydrogen-bond acceptors (Lipinski definition) is 4. The minimum atomic E-state index is 0.0438. The molecule has 0 aliphatic carbocycles. The first-order valence-electron chi connectivity index (χ1n) is 6.74. The molecule has 0 amide bonds. The number of aromatic nitrogens is 1. The molecule has 19 heavy (non-hydrogen) atoms. The first-order valence-corrected chi connectivity index (χ1v) is 6.74. The largest absolute Gasteiger partial charge is 0.394 e. The lowest BCUT2D eigenvalue weighted by Gasteiger charge is -2.37. The summed E-state index contributed by atoms with van der Waals surface area (Å²) in [4.78, 5) is 6.68. The zero-order chi connectivity index (χ0) is 14.0. The number of aliphatic hydroxyl groups is 1. The van der Waals surface area contributed by atoms with Gasteiger partial charge in [0.15, 0.2) is 0 Å². The summed E-state index contributed by atoms with van der Waals surface area (Å²) in [6.45, 7) is 4.87. The number of nitrogens with one attached hydrogen (secondary N) is 1. The minimum absolute atomic E-state index is 0.0438. The van der Waals surface area contributed by atoms with Gasteiger partial charge < -0.3 is 15.7 Å². The van der Waals surface area contributed by atoms with Gasteiger partial charge in [-0.05, 0) is 44.7 Å². The summed E-state index contributed by atoms with van der Waals surface area (Å²) in [5.41, 5.74) is 8.30. The lowest BCUT2D eigenvalue weighted by atomic mass is 10.0. The van der Waals surface area contributed by atoms with E-state index in [1.807, 2.05) is 19.9 Å². The van der Waals surface area contributed by atoms with Crippen molar-refractivity contribution >= 4 is 11.7 Å². The molecule has 104 valence electrons. The number of aryl methyl sites for hydroxylation is 2. The van der Waals surface area contributed by atoms with Gasteiger partial charge in [-0.2, -0.15) is 0 Å². The molecule has 0 bridgehead atoms. The predicted molar refractivity (Wildman–Crippen MR) is 76.8 cm³/mol. The number of amidine groups is 1. The van der Waals surface area contributed by atoms with Gasteiger partial charge in [0, 0.05) is 12.2 Å². The zero-order valence-corrected chi connectivity index (χ0v) is 11.6. The van der Waals surface area contributed by atoms with E-state index in [-0.39, 0.29) is 18.5 Å². The van der Waals surface area contributed by atoms with Gasteiger partial charge in [0.2, 0.25) is 0 Å². The molecule has 1 aliphatic rings. The molecule has 5 heteroatoms. The van der Waals surface area contributed by atoms with E-state index in [0.29, 0.717) is 5.56 Å². The van der Waals surface area contributed by atoms with E-state index in [9.17, 15) is 5.11 Å². The van der Waals surface area contributed by atoms with Crippen LogP contribution in [0.4, 0.5) is 5.82 Å². The van der Waals surface area contributed by atoms with Crippen LogP contribution < -0.4 is 10.6 Å². The van der Waals surface area contributed by atoms with E-state index in [1.165, 1.54) is 0 Å². The second kappa shape index (κ2) is 5.57. The van der Waals surface area contributed by atoms with Crippen molar-refractivity contribution in [1.29, 1.82) is 5.41 Å². The molecule has 1 fully saturated rings. The molecule has 1 saturated heterocycles. The molecule has 1 aromatic heterocycles. The number of nitrogens with zero attached hydrogens (tertiary/aromatic N) is 2. The molecule has 4 N–H and O–H groups in total. The van der Waals surface area contributed by atoms with Crippen molar-refractivity contribution in [2.45, 2.75) is 39.2 Å². The van der Waals surface area contributed by atoms with Gasteiger partial charge in [-0.3, -0.25) is 5.41 Å². The van der Waals surface area contributed by atoms with Crippen LogP contribution in [-0.4, -0.2) is 35.1 Å². The second-order valence-corrected chi connectivity index (χ2v) is 5.22. The molecule has 0 aromatic carbocycles. The SMILES string of the molecule is Cc1cc(C)c(C(=N)N)c(N2CCCCC2CO)n1. The van der Waals surface area contributed by atoms with Crippen molar-refractivity contribution in [2.75, 3.05) is 18.1 Å². The van der Waals surface area contributed by atoms with Gasteiger partial charge in [-0.15, -0.1) is 0 Å². The molecule has 1 unspecified atom stereocenters. The van der Waals surface area contributed by atoms with Crippen LogP contribution in [0.15, 0.2) is 6.07 Å². The van der Waals surface area contributed by atoms with Crippen molar-refractivity contribution in [3.05, 3.63) is 22.9 Å². The smallest absolute Gasteiger partial charge is 0.140 e. The van der Waals surface area contributed by atoms with Crippen molar-refractivity contribution in [1.82, 2.24) is 4.98 Å². The Labute approximate surface area is 114 Å². The van der Waals surface area contributed by atoms with Crippen LogP contribution in [0.3, 0.4) is 0 Å². The fourth-order valence-corrected chi connectivity index (χ4v) is 2.83. The van der Waals surface area contributed by atoms with Crippen LogP contribution in [0.1, 0.15) is 36.1 Å². The predicted octanol–water partition coefficient (Wildman–Crippen LogP) is 1.33. The van der Waals surface area contributed by atoms with E-state index in [0.717, 1.165) is 42.9 Å². The van der Waals surface area contributed by atoms with Crippen LogP contribution in [0.25, 0.3) is 0 Å². The number of rotatable bonds is 3. The Morgan fingerprint density at radius 1 is 1.53 bits per heavy atom. The fraction of sp³-hybridized carbons (Fsp3) is 0.571. The van der Waals surface area contributed by atoms with E-state index >= 15 is 0 Å². The highest BCUT2D eigenvalue weighted by Gasteiger charge is 2.26. The Kier molecular flexibility index (Phi) is 4.04. The van der Waals surface area contributed by atoms with Gasteiger partial charge in [0.25, 0.3) is 0 Å². The molecule has 2 rings (SSSR count). The van der Waals surface area contributed by atoms with Crippen LogP contribution in [0.2, 0.25) is 0 Å². The molecule has 0 saturated carbocycles. The number of anilines is 1. The van der Waals surface area contributed by atoms with Crippen molar-refractivity contribution in [3.8, 4) is 0 Å². The minimum Gasteiger partial charge on any atom is -0.394 e. The van der Waals surface area contributed by atoms with Gasteiger partial charge in [0.1, 0.15) is 11.7 Å². The van der Waals surface area contributed by atoms with Crippen molar-refractivity contribution < 1.29 is 5.11 Å². The summed E-state index contributed by atoms with van der Waals surface area (Å²) in [6.07, 6.45) is 3.17. The lowest BCUT2D eigenvalue weighted by molar-refractivity contribution is 0.239. The highest BCUT2D eigenvalue weighted by atomic mass is 16.3. The number of pyridine rings is 1. The maximum Gasteiger partial charge on any atom is 0.140 e. The Hall–Kier alpha value is -1.62. The third-order valence-corrected chi connectivity index (χ3v) is 3.70. The summed E-state index contributed by atoms with van der Waals surface area (Å²) in [6, 6.07) is 2.03. The number of nitrogen functional groups attached to an aromatic ring is 1. The summed E-state index contributed by atoms with van der Waals surface area (Å²) in [7, 11) is 0. The quantitative estimate of drug-likeness (QED) is 0.566. The molecule has 5 nitrogen and oxygen atoms in total. The van der Waals surface area contributed by atoms with E-state index < -0.39 is 0 Å². The third kappa shape index (κ3) is 2.71. The summed E-state index contributed by atoms with van der Waals surface area (Å²) >= 11 is 0. The first-order chi connectivity index (χ1) is 9.04. The maximum absolute atomic E-state index is 9.54. The van der Waals surface area contributed by atoms with Gasteiger partial charge in [-0.25, -0.2) is 4.98 Å². The standard InChI is InChI=1S/C14H22N4O/c1-9-7-10(2)17-14(12(9)13(15)16)18-6-4-3-5-11(18)8-19/h7,11,19H,3-6,8H2,1-2H3,(H3,15,16). The zero-order valence-electron chi connectivity index (χ0n) is 11.6. The summed E-state index contributed by atoms with van der Waals surface area (Å²) in [5.74, 6) is 0.797. The van der Waals surface area contributed by atoms with E-state index in [1.54, 1.807) is 0 Å². The van der Waals surface area contributed by atoms with Crippen molar-refractivity contribution in [2.24, 2.45) is 5.73 Å². The normalized spacial score (nSPS) is 19.5. The number of nitrogens with two attached hydrogens (primary N) is 1. The Balaban J connectivity index is 2.50. The number of aliphatic hydroxyl groups excluding tert-OH is 1. The molecule has 0 spiro atoms. The Bertz CT molecular complexity index is 487. The number of piperidine rings is 1. The maximum atomic E-state index is 9.54. The molecule has 1 aliphatic heterocycles. The fourth-order valence-electron chi connectivity index (χ4n) is 2.83. The van der Waals surface area contributed by atoms with Crippen LogP contribution in [0.5, 0.6) is 0 Å². The topological polar surface area (TPSA) is 86.2 Å². The van der Waals surface area contributed by atoms with Gasteiger partial charge in [0.05, 0.1) is 18.2 Å². The number of hydrogen-bond donors (Lipinski definition) is 3. The monoisotopic (exact) mass is 262 g/mol. The average Bonchev–Trinajstić information content (AvgIpc) is 2.37. The molecular weight excluding hydrogens is 240 g/mol. The molecule has 0 radical (unpaired) electrons. The second-order valence-electron chi connectivity index (χ2n) is 5.22. The van der Waals surface area contributed by atoms with Crippen LogP contribution >= 0.6 is 0 Å². The summed E-state index contributed by atoms with van der Waals surface area (Å²) in [5, 5.41) is 17.3. The van der Waals surface area contributed by atoms with Gasteiger partial charge >= 0.3 is 0 Å². The molecule has 2 heterocycles. The Morgan fingerprint density at radius 3 is 2.89 bits per heavy atom. The van der Waals surface area contributed by atoms with Crippen LogP contribution in [-0.2, 0) is 0 Å². The highest BCUT2D eigenvalue weighted by molar-refractivity contribution is 6.01.